The Labute approximate surface area is 251 Å². The van der Waals surface area contributed by atoms with Crippen molar-refractivity contribution in [3.8, 4) is 5.75 Å². The lowest BCUT2D eigenvalue weighted by atomic mass is 10.1. The van der Waals surface area contributed by atoms with Crippen molar-refractivity contribution < 1.29 is 13.9 Å². The van der Waals surface area contributed by atoms with Crippen molar-refractivity contribution in [3.05, 3.63) is 59.9 Å². The number of unbranched alkanes of at least 4 members (excludes halogenated alkanes) is 3. The first kappa shape index (κ1) is 36.6. The van der Waals surface area contributed by atoms with Gasteiger partial charge in [-0.2, -0.15) is 0 Å². The number of para-hydroxylation sites is 2. The molecule has 0 radical (unpaired) electrons. The molecule has 0 spiro atoms. The maximum Gasteiger partial charge on any atom is 0.268 e. The number of ether oxygens (including phenoxy) is 1. The van der Waals surface area contributed by atoms with E-state index in [0.717, 1.165) is 68.4 Å². The summed E-state index contributed by atoms with van der Waals surface area (Å²) in [6.07, 6.45) is 11.7. The molecule has 2 aromatic carbocycles. The van der Waals surface area contributed by atoms with Gasteiger partial charge in [0.2, 0.25) is 0 Å². The monoisotopic (exact) mass is 570 g/mol. The second-order valence-corrected chi connectivity index (χ2v) is 11.6. The van der Waals surface area contributed by atoms with Crippen LogP contribution in [0.2, 0.25) is 0 Å². The minimum atomic E-state index is -0.327. The highest BCUT2D eigenvalue weighted by molar-refractivity contribution is 6.00. The first-order chi connectivity index (χ1) is 19.8. The third-order valence-corrected chi connectivity index (χ3v) is 7.24. The molecule has 0 aromatic heterocycles. The van der Waals surface area contributed by atoms with Crippen molar-refractivity contribution in [2.24, 2.45) is 5.92 Å². The van der Waals surface area contributed by atoms with E-state index >= 15 is 0 Å². The van der Waals surface area contributed by atoms with E-state index in [-0.39, 0.29) is 17.8 Å². The van der Waals surface area contributed by atoms with E-state index in [9.17, 15) is 9.18 Å². The second-order valence-electron chi connectivity index (χ2n) is 11.6. The van der Waals surface area contributed by atoms with Crippen LogP contribution in [0.3, 0.4) is 0 Å². The average molecular weight is 571 g/mol. The minimum absolute atomic E-state index is 0.138. The molecule has 5 heteroatoms. The number of aryl methyl sites for hydroxylation is 1. The van der Waals surface area contributed by atoms with Gasteiger partial charge in [0.1, 0.15) is 11.6 Å². The number of amides is 1. The Balaban J connectivity index is 0.000000380. The quantitative estimate of drug-likeness (QED) is 0.267. The summed E-state index contributed by atoms with van der Waals surface area (Å²) in [6.45, 7) is 19.3. The highest BCUT2D eigenvalue weighted by Crippen LogP contribution is 2.34. The van der Waals surface area contributed by atoms with Gasteiger partial charge in [-0.15, -0.1) is 0 Å². The first-order valence-corrected chi connectivity index (χ1v) is 16.3. The van der Waals surface area contributed by atoms with Crippen LogP contribution < -0.4 is 9.64 Å². The van der Waals surface area contributed by atoms with E-state index in [2.05, 4.69) is 46.4 Å². The summed E-state index contributed by atoms with van der Waals surface area (Å²) in [5.41, 5.74) is 2.03. The summed E-state index contributed by atoms with van der Waals surface area (Å²) in [7, 11) is 0. The molecule has 2 aliphatic rings. The molecule has 4 nitrogen and oxygen atoms in total. The van der Waals surface area contributed by atoms with E-state index < -0.39 is 0 Å². The van der Waals surface area contributed by atoms with Gasteiger partial charge < -0.3 is 14.5 Å². The number of likely N-dealkylation sites (tertiary alicyclic amines) is 1. The predicted molar refractivity (Wildman–Crippen MR) is 174 cm³/mol. The normalized spacial score (nSPS) is 16.0. The molecule has 1 amide bonds. The lowest BCUT2D eigenvalue weighted by molar-refractivity contribution is -0.126. The van der Waals surface area contributed by atoms with Gasteiger partial charge in [0.15, 0.2) is 6.10 Å². The van der Waals surface area contributed by atoms with Gasteiger partial charge in [0.05, 0.1) is 5.69 Å². The molecule has 2 aliphatic heterocycles. The number of benzene rings is 2. The van der Waals surface area contributed by atoms with Crippen molar-refractivity contribution in [1.82, 2.24) is 4.90 Å². The molecular formula is C36H59FN2O2. The molecule has 1 unspecified atom stereocenters. The maximum atomic E-state index is 12.9. The third-order valence-electron chi connectivity index (χ3n) is 7.24. The number of carbonyl (C=O) groups excluding carboxylic acids is 1. The van der Waals surface area contributed by atoms with E-state index in [0.29, 0.717) is 0 Å². The van der Waals surface area contributed by atoms with Crippen molar-refractivity contribution >= 4 is 11.6 Å². The van der Waals surface area contributed by atoms with Crippen LogP contribution in [0.15, 0.2) is 48.5 Å². The third kappa shape index (κ3) is 15.4. The van der Waals surface area contributed by atoms with Gasteiger partial charge >= 0.3 is 0 Å². The van der Waals surface area contributed by atoms with Crippen LogP contribution in [0.25, 0.3) is 0 Å². The number of rotatable bonds is 10. The fourth-order valence-electron chi connectivity index (χ4n) is 4.63. The summed E-state index contributed by atoms with van der Waals surface area (Å²) >= 11 is 0. The summed E-state index contributed by atoms with van der Waals surface area (Å²) in [5, 5.41) is 0. The number of nitrogens with zero attached hydrogens (tertiary/aromatic N) is 2. The van der Waals surface area contributed by atoms with E-state index in [1.165, 1.54) is 57.1 Å². The van der Waals surface area contributed by atoms with Crippen LogP contribution in [-0.2, 0) is 4.79 Å². The van der Waals surface area contributed by atoms with E-state index in [4.69, 9.17) is 4.74 Å². The Hall–Kier alpha value is -2.40. The summed E-state index contributed by atoms with van der Waals surface area (Å²) in [6, 6.07) is 14.3. The molecule has 1 fully saturated rings. The Morgan fingerprint density at radius 2 is 1.49 bits per heavy atom. The Kier molecular flexibility index (Phi) is 19.9. The second kappa shape index (κ2) is 22.2. The summed E-state index contributed by atoms with van der Waals surface area (Å²) in [5.74, 6) is 1.72. The van der Waals surface area contributed by atoms with Crippen molar-refractivity contribution in [1.29, 1.82) is 0 Å². The fraction of sp³-hybridized carbons (Fsp3) is 0.639. The molecule has 2 heterocycles. The average Bonchev–Trinajstić information content (AvgIpc) is 3.49. The van der Waals surface area contributed by atoms with Gasteiger partial charge in [-0.25, -0.2) is 4.39 Å². The minimum Gasteiger partial charge on any atom is -0.478 e. The molecule has 1 atom stereocenters. The number of anilines is 1. The molecule has 0 N–H and O–H groups in total. The topological polar surface area (TPSA) is 32.8 Å². The lowest BCUT2D eigenvalue weighted by Crippen LogP contribution is -2.47. The number of hydrogen-bond donors (Lipinski definition) is 0. The van der Waals surface area contributed by atoms with Crippen LogP contribution >= 0.6 is 0 Å². The highest BCUT2D eigenvalue weighted by atomic mass is 19.1. The zero-order valence-electron chi connectivity index (χ0n) is 27.3. The zero-order chi connectivity index (χ0) is 30.5. The molecular weight excluding hydrogens is 511 g/mol. The molecule has 41 heavy (non-hydrogen) atoms. The molecule has 4 rings (SSSR count). The largest absolute Gasteiger partial charge is 0.478 e. The molecule has 0 bridgehead atoms. The highest BCUT2D eigenvalue weighted by Gasteiger charge is 2.34. The molecule has 0 saturated carbocycles. The molecule has 232 valence electrons. The molecule has 1 saturated heterocycles. The van der Waals surface area contributed by atoms with Gasteiger partial charge in [-0.3, -0.25) is 4.79 Å². The van der Waals surface area contributed by atoms with Gasteiger partial charge in [0, 0.05) is 19.5 Å². The van der Waals surface area contributed by atoms with Gasteiger partial charge in [-0.1, -0.05) is 110 Å². The van der Waals surface area contributed by atoms with Crippen LogP contribution in [-0.4, -0.2) is 43.1 Å². The van der Waals surface area contributed by atoms with Gasteiger partial charge in [0.25, 0.3) is 5.91 Å². The molecule has 0 aliphatic carbocycles. The standard InChI is InChI=1S/C19H28N2O2.C7H7F.C6H14.C4H10/c1-2-3-6-14-21-16-9-4-5-10-17(16)23-18(19(21)22)11-15-20-12-7-8-13-20;1-6-2-4-7(8)5-3-6;1-4-5-6(2)3;1-3-4-2/h4-5,9-10,18H,2-3,6-8,11-15H2,1H3;2-5H,1H3;6H,4-5H2,1-3H3;3-4H2,1-2H3. The first-order valence-electron chi connectivity index (χ1n) is 16.3. The number of fused-ring (bicyclic) bond motifs is 1. The maximum absolute atomic E-state index is 12.9. The Morgan fingerprint density at radius 1 is 0.854 bits per heavy atom. The Morgan fingerprint density at radius 3 is 2.00 bits per heavy atom. The summed E-state index contributed by atoms with van der Waals surface area (Å²) in [4.78, 5) is 17.3. The SMILES string of the molecule is CCCC.CCCC(C)C.CCCCCN1C(=O)C(CCN2CCCC2)Oc2ccccc21.Cc1ccc(F)cc1. The van der Waals surface area contributed by atoms with Crippen LogP contribution in [0.1, 0.15) is 111 Å². The number of carbonyl (C=O) groups is 1. The van der Waals surface area contributed by atoms with Crippen molar-refractivity contribution in [2.75, 3.05) is 31.1 Å². The fourth-order valence-corrected chi connectivity index (χ4v) is 4.63. The van der Waals surface area contributed by atoms with E-state index in [1.807, 2.05) is 36.1 Å². The Bertz CT molecular complexity index is 902. The van der Waals surface area contributed by atoms with E-state index in [1.54, 1.807) is 12.1 Å². The van der Waals surface area contributed by atoms with Crippen molar-refractivity contribution in [2.45, 2.75) is 119 Å². The number of hydrogen-bond acceptors (Lipinski definition) is 3. The van der Waals surface area contributed by atoms with Crippen LogP contribution in [0, 0.1) is 18.7 Å². The lowest BCUT2D eigenvalue weighted by Gasteiger charge is -2.35. The number of halogens is 1. The smallest absolute Gasteiger partial charge is 0.268 e. The zero-order valence-corrected chi connectivity index (χ0v) is 27.3. The van der Waals surface area contributed by atoms with Crippen molar-refractivity contribution in [3.63, 3.8) is 0 Å². The summed E-state index contributed by atoms with van der Waals surface area (Å²) < 4.78 is 18.1. The van der Waals surface area contributed by atoms with Crippen LogP contribution in [0.4, 0.5) is 10.1 Å². The predicted octanol–water partition coefficient (Wildman–Crippen LogP) is 9.84. The molecule has 2 aromatic rings. The van der Waals surface area contributed by atoms with Gasteiger partial charge in [-0.05, 0) is 69.5 Å². The van der Waals surface area contributed by atoms with Crippen LogP contribution in [0.5, 0.6) is 5.75 Å².